The van der Waals surface area contributed by atoms with Gasteiger partial charge >= 0.3 is 12.0 Å². The lowest BCUT2D eigenvalue weighted by molar-refractivity contribution is 0.0690. The molecule has 0 aromatic carbocycles. The van der Waals surface area contributed by atoms with E-state index in [0.29, 0.717) is 5.69 Å². The molecular weight excluding hydrogens is 210 g/mol. The number of aromatic carboxylic acids is 1. The molecule has 0 aliphatic carbocycles. The number of carbonyl (C=O) groups excluding carboxylic acids is 1. The highest BCUT2D eigenvalue weighted by Gasteiger charge is 2.06. The van der Waals surface area contributed by atoms with E-state index in [1.165, 1.54) is 18.3 Å². The zero-order chi connectivity index (χ0) is 12.1. The Bertz CT molecular complexity index is 387. The second-order valence-corrected chi connectivity index (χ2v) is 3.49. The minimum atomic E-state index is -1.10. The third kappa shape index (κ3) is 3.56. The second-order valence-electron chi connectivity index (χ2n) is 3.49. The Morgan fingerprint density at radius 1 is 1.38 bits per heavy atom. The Morgan fingerprint density at radius 2 is 2.06 bits per heavy atom. The van der Waals surface area contributed by atoms with Gasteiger partial charge in [0.1, 0.15) is 5.69 Å². The number of pyridine rings is 1. The first-order valence-corrected chi connectivity index (χ1v) is 4.76. The maximum Gasteiger partial charge on any atom is 0.354 e. The van der Waals surface area contributed by atoms with Crippen LogP contribution in [0.25, 0.3) is 0 Å². The Hall–Kier alpha value is -2.11. The van der Waals surface area contributed by atoms with Gasteiger partial charge in [-0.1, -0.05) is 0 Å². The molecule has 0 saturated carbocycles. The summed E-state index contributed by atoms with van der Waals surface area (Å²) in [6.45, 7) is 3.68. The van der Waals surface area contributed by atoms with Crippen LogP contribution in [0.2, 0.25) is 0 Å². The quantitative estimate of drug-likeness (QED) is 0.720. The van der Waals surface area contributed by atoms with E-state index in [1.54, 1.807) is 0 Å². The van der Waals surface area contributed by atoms with Crippen LogP contribution < -0.4 is 10.6 Å². The van der Waals surface area contributed by atoms with Gasteiger partial charge in [-0.05, 0) is 26.0 Å². The molecule has 1 heterocycles. The van der Waals surface area contributed by atoms with E-state index in [9.17, 15) is 9.59 Å². The molecule has 0 atom stereocenters. The zero-order valence-electron chi connectivity index (χ0n) is 9.02. The summed E-state index contributed by atoms with van der Waals surface area (Å²) >= 11 is 0. The number of hydrogen-bond acceptors (Lipinski definition) is 3. The first-order chi connectivity index (χ1) is 7.49. The Labute approximate surface area is 92.7 Å². The molecule has 1 aromatic rings. The van der Waals surface area contributed by atoms with Gasteiger partial charge in [0, 0.05) is 6.04 Å². The normalized spacial score (nSPS) is 9.94. The van der Waals surface area contributed by atoms with Crippen LogP contribution in [0.5, 0.6) is 0 Å². The molecule has 1 aromatic heterocycles. The molecule has 0 radical (unpaired) electrons. The largest absolute Gasteiger partial charge is 0.477 e. The summed E-state index contributed by atoms with van der Waals surface area (Å²) in [6.07, 6.45) is 1.30. The predicted octanol–water partition coefficient (Wildman–Crippen LogP) is 1.31. The fraction of sp³-hybridized carbons (Fsp3) is 0.300. The number of anilines is 1. The number of nitrogens with zero attached hydrogens (tertiary/aromatic N) is 1. The minimum absolute atomic E-state index is 0.0336. The summed E-state index contributed by atoms with van der Waals surface area (Å²) in [7, 11) is 0. The summed E-state index contributed by atoms with van der Waals surface area (Å²) in [5, 5.41) is 13.8. The van der Waals surface area contributed by atoms with Crippen LogP contribution in [0.15, 0.2) is 18.3 Å². The van der Waals surface area contributed by atoms with Crippen LogP contribution in [-0.2, 0) is 0 Å². The molecule has 0 unspecified atom stereocenters. The number of nitrogens with one attached hydrogen (secondary N) is 2. The molecule has 0 fully saturated rings. The van der Waals surface area contributed by atoms with E-state index in [4.69, 9.17) is 5.11 Å². The SMILES string of the molecule is CC(C)NC(=O)Nc1ccc(C(=O)O)nc1. The topological polar surface area (TPSA) is 91.3 Å². The van der Waals surface area contributed by atoms with Crippen molar-refractivity contribution in [1.29, 1.82) is 0 Å². The van der Waals surface area contributed by atoms with Gasteiger partial charge in [-0.15, -0.1) is 0 Å². The number of amides is 2. The van der Waals surface area contributed by atoms with Crippen molar-refractivity contribution >= 4 is 17.7 Å². The van der Waals surface area contributed by atoms with Gasteiger partial charge in [0.25, 0.3) is 0 Å². The number of hydrogen-bond donors (Lipinski definition) is 3. The van der Waals surface area contributed by atoms with Crippen molar-refractivity contribution in [3.63, 3.8) is 0 Å². The standard InChI is InChI=1S/C10H13N3O3/c1-6(2)12-10(16)13-7-3-4-8(9(14)15)11-5-7/h3-6H,1-2H3,(H,14,15)(H2,12,13,16). The van der Waals surface area contributed by atoms with Crippen molar-refractivity contribution in [2.24, 2.45) is 0 Å². The average molecular weight is 223 g/mol. The summed E-state index contributed by atoms with van der Waals surface area (Å²) in [6, 6.07) is 2.50. The zero-order valence-corrected chi connectivity index (χ0v) is 9.02. The Balaban J connectivity index is 2.62. The van der Waals surface area contributed by atoms with E-state index in [0.717, 1.165) is 0 Å². The first kappa shape index (κ1) is 12.0. The minimum Gasteiger partial charge on any atom is -0.477 e. The average Bonchev–Trinajstić information content (AvgIpc) is 2.16. The van der Waals surface area contributed by atoms with Gasteiger partial charge in [-0.2, -0.15) is 0 Å². The molecule has 0 spiro atoms. The molecule has 0 aliphatic rings. The highest BCUT2D eigenvalue weighted by atomic mass is 16.4. The van der Waals surface area contributed by atoms with Crippen LogP contribution in [0.3, 0.4) is 0 Å². The van der Waals surface area contributed by atoms with Crippen molar-refractivity contribution in [2.75, 3.05) is 5.32 Å². The number of carboxylic acid groups (broad SMARTS) is 1. The van der Waals surface area contributed by atoms with E-state index in [-0.39, 0.29) is 17.8 Å². The molecule has 86 valence electrons. The van der Waals surface area contributed by atoms with Crippen LogP contribution in [-0.4, -0.2) is 28.1 Å². The fourth-order valence-corrected chi connectivity index (χ4v) is 1.02. The highest BCUT2D eigenvalue weighted by molar-refractivity contribution is 5.90. The lowest BCUT2D eigenvalue weighted by Crippen LogP contribution is -2.34. The molecular formula is C10H13N3O3. The molecule has 6 nitrogen and oxygen atoms in total. The van der Waals surface area contributed by atoms with Crippen molar-refractivity contribution < 1.29 is 14.7 Å². The summed E-state index contributed by atoms with van der Waals surface area (Å²) in [5.74, 6) is -1.10. The summed E-state index contributed by atoms with van der Waals surface area (Å²) < 4.78 is 0. The number of urea groups is 1. The van der Waals surface area contributed by atoms with E-state index >= 15 is 0 Å². The maximum atomic E-state index is 11.3. The number of aromatic nitrogens is 1. The summed E-state index contributed by atoms with van der Waals surface area (Å²) in [5.41, 5.74) is 0.387. The van der Waals surface area contributed by atoms with Crippen molar-refractivity contribution in [1.82, 2.24) is 10.3 Å². The van der Waals surface area contributed by atoms with Gasteiger partial charge in [0.2, 0.25) is 0 Å². The fourth-order valence-electron chi connectivity index (χ4n) is 1.02. The number of carboxylic acids is 1. The first-order valence-electron chi connectivity index (χ1n) is 4.76. The molecule has 16 heavy (non-hydrogen) atoms. The van der Waals surface area contributed by atoms with Gasteiger partial charge in [-0.3, -0.25) is 0 Å². The molecule has 1 rings (SSSR count). The Morgan fingerprint density at radius 3 is 2.50 bits per heavy atom. The third-order valence-electron chi connectivity index (χ3n) is 1.66. The van der Waals surface area contributed by atoms with Crippen LogP contribution >= 0.6 is 0 Å². The number of rotatable bonds is 3. The molecule has 3 N–H and O–H groups in total. The van der Waals surface area contributed by atoms with Gasteiger partial charge in [0.05, 0.1) is 11.9 Å². The predicted molar refractivity (Wildman–Crippen MR) is 58.5 cm³/mol. The number of carbonyl (C=O) groups is 2. The van der Waals surface area contributed by atoms with Crippen molar-refractivity contribution in [3.8, 4) is 0 Å². The highest BCUT2D eigenvalue weighted by Crippen LogP contribution is 2.05. The second kappa shape index (κ2) is 5.11. The van der Waals surface area contributed by atoms with Crippen molar-refractivity contribution in [3.05, 3.63) is 24.0 Å². The van der Waals surface area contributed by atoms with Crippen LogP contribution in [0, 0.1) is 0 Å². The maximum absolute atomic E-state index is 11.3. The Kier molecular flexibility index (Phi) is 3.82. The van der Waals surface area contributed by atoms with Gasteiger partial charge in [-0.25, -0.2) is 14.6 Å². The van der Waals surface area contributed by atoms with Gasteiger partial charge in [0.15, 0.2) is 0 Å². The van der Waals surface area contributed by atoms with E-state index in [2.05, 4.69) is 15.6 Å². The monoisotopic (exact) mass is 223 g/mol. The van der Waals surface area contributed by atoms with Crippen LogP contribution in [0.4, 0.5) is 10.5 Å². The van der Waals surface area contributed by atoms with E-state index < -0.39 is 5.97 Å². The smallest absolute Gasteiger partial charge is 0.354 e. The lowest BCUT2D eigenvalue weighted by atomic mass is 10.3. The molecule has 0 bridgehead atoms. The summed E-state index contributed by atoms with van der Waals surface area (Å²) in [4.78, 5) is 25.5. The van der Waals surface area contributed by atoms with E-state index in [1.807, 2.05) is 13.8 Å². The molecule has 0 aliphatic heterocycles. The van der Waals surface area contributed by atoms with Crippen LogP contribution in [0.1, 0.15) is 24.3 Å². The third-order valence-corrected chi connectivity index (χ3v) is 1.66. The lowest BCUT2D eigenvalue weighted by Gasteiger charge is -2.09. The van der Waals surface area contributed by atoms with Crippen molar-refractivity contribution in [2.45, 2.75) is 19.9 Å². The van der Waals surface area contributed by atoms with Gasteiger partial charge < -0.3 is 15.7 Å². The molecule has 2 amide bonds. The molecule has 6 heteroatoms. The molecule has 0 saturated heterocycles.